The fraction of sp³-hybridized carbons (Fsp3) is 0.308. The van der Waals surface area contributed by atoms with Gasteiger partial charge in [0.15, 0.2) is 0 Å². The number of ketones is 1. The highest BCUT2D eigenvalue weighted by atomic mass is 16.5. The molecule has 0 saturated carbocycles. The standard InChI is InChI=1S/C26H28N2O5/c1-2-16-33-21-10-8-19(9-11-21)23-22(24(29)20-6-4-3-5-7-20)25(30)26(31)28(23)13-12-27-14-17-32-18-15-27/h2-11,23,29H,1,12-18H2/b24-22+/t23-/m1/s1. The third-order valence-corrected chi connectivity index (χ3v) is 5.91. The number of rotatable bonds is 8. The minimum absolute atomic E-state index is 0.105. The summed E-state index contributed by atoms with van der Waals surface area (Å²) in [6.07, 6.45) is 1.66. The molecular formula is C26H28N2O5. The van der Waals surface area contributed by atoms with Gasteiger partial charge in [0, 0.05) is 31.7 Å². The number of aliphatic hydroxyl groups excluding tert-OH is 1. The first-order valence-electron chi connectivity index (χ1n) is 11.1. The van der Waals surface area contributed by atoms with E-state index in [9.17, 15) is 14.7 Å². The van der Waals surface area contributed by atoms with Crippen LogP contribution in [0.15, 0.2) is 72.8 Å². The number of carbonyl (C=O) groups is 2. The SMILES string of the molecule is C=CCOc1ccc([C@@H]2/C(=C(\O)c3ccccc3)C(=O)C(=O)N2CCN2CCOCC2)cc1. The molecule has 0 aliphatic carbocycles. The van der Waals surface area contributed by atoms with Gasteiger partial charge in [-0.1, -0.05) is 55.1 Å². The van der Waals surface area contributed by atoms with E-state index in [-0.39, 0.29) is 11.3 Å². The summed E-state index contributed by atoms with van der Waals surface area (Å²) in [7, 11) is 0. The minimum atomic E-state index is -0.681. The van der Waals surface area contributed by atoms with Crippen molar-refractivity contribution < 1.29 is 24.2 Å². The number of benzene rings is 2. The number of carbonyl (C=O) groups excluding carboxylic acids is 2. The lowest BCUT2D eigenvalue weighted by atomic mass is 9.95. The summed E-state index contributed by atoms with van der Waals surface area (Å²) in [5.41, 5.74) is 1.34. The van der Waals surface area contributed by atoms with Crippen molar-refractivity contribution >= 4 is 17.4 Å². The van der Waals surface area contributed by atoms with E-state index in [2.05, 4.69) is 11.5 Å². The average molecular weight is 449 g/mol. The van der Waals surface area contributed by atoms with E-state index in [4.69, 9.17) is 9.47 Å². The monoisotopic (exact) mass is 448 g/mol. The second-order valence-corrected chi connectivity index (χ2v) is 7.98. The van der Waals surface area contributed by atoms with Gasteiger partial charge in [0.25, 0.3) is 11.7 Å². The molecule has 1 atom stereocenters. The molecule has 4 rings (SSSR count). The van der Waals surface area contributed by atoms with Gasteiger partial charge in [-0.25, -0.2) is 0 Å². The lowest BCUT2D eigenvalue weighted by Crippen LogP contribution is -2.42. The number of morpholine rings is 1. The van der Waals surface area contributed by atoms with Crippen molar-refractivity contribution in [1.82, 2.24) is 9.80 Å². The zero-order valence-corrected chi connectivity index (χ0v) is 18.5. The maximum Gasteiger partial charge on any atom is 0.295 e. The molecule has 2 aromatic rings. The molecule has 7 heteroatoms. The molecule has 2 aliphatic heterocycles. The lowest BCUT2D eigenvalue weighted by molar-refractivity contribution is -0.140. The average Bonchev–Trinajstić information content (AvgIpc) is 3.12. The summed E-state index contributed by atoms with van der Waals surface area (Å²) in [6, 6.07) is 15.4. The fourth-order valence-electron chi connectivity index (χ4n) is 4.18. The summed E-state index contributed by atoms with van der Waals surface area (Å²) in [5, 5.41) is 11.1. The molecule has 1 amide bonds. The van der Waals surface area contributed by atoms with Crippen LogP contribution in [0.4, 0.5) is 0 Å². The minimum Gasteiger partial charge on any atom is -0.507 e. The molecule has 2 aromatic carbocycles. The van der Waals surface area contributed by atoms with Crippen LogP contribution in [0.25, 0.3) is 5.76 Å². The predicted octanol–water partition coefficient (Wildman–Crippen LogP) is 3.01. The normalized spacial score (nSPS) is 20.7. The molecule has 0 unspecified atom stereocenters. The largest absolute Gasteiger partial charge is 0.507 e. The van der Waals surface area contributed by atoms with Gasteiger partial charge in [0.1, 0.15) is 18.1 Å². The summed E-state index contributed by atoms with van der Waals surface area (Å²) < 4.78 is 11.0. The molecule has 33 heavy (non-hydrogen) atoms. The Hall–Kier alpha value is -3.42. The van der Waals surface area contributed by atoms with Crippen molar-refractivity contribution in [2.24, 2.45) is 0 Å². The van der Waals surface area contributed by atoms with E-state index in [1.54, 1.807) is 47.4 Å². The summed E-state index contributed by atoms with van der Waals surface area (Å²) >= 11 is 0. The number of aliphatic hydroxyl groups is 1. The molecule has 2 saturated heterocycles. The first kappa shape index (κ1) is 22.8. The van der Waals surface area contributed by atoms with Crippen molar-refractivity contribution in [3.63, 3.8) is 0 Å². The van der Waals surface area contributed by atoms with Gasteiger partial charge in [0.05, 0.1) is 24.8 Å². The number of amides is 1. The highest BCUT2D eigenvalue weighted by Gasteiger charge is 2.46. The second-order valence-electron chi connectivity index (χ2n) is 7.98. The van der Waals surface area contributed by atoms with Crippen LogP contribution >= 0.6 is 0 Å². The number of likely N-dealkylation sites (tertiary alicyclic amines) is 1. The van der Waals surface area contributed by atoms with Gasteiger partial charge in [-0.2, -0.15) is 0 Å². The summed E-state index contributed by atoms with van der Waals surface area (Å²) in [6.45, 7) is 7.90. The smallest absolute Gasteiger partial charge is 0.295 e. The Morgan fingerprint density at radius 2 is 1.76 bits per heavy atom. The van der Waals surface area contributed by atoms with Crippen LogP contribution in [-0.2, 0) is 14.3 Å². The molecule has 0 radical (unpaired) electrons. The Labute approximate surface area is 193 Å². The third-order valence-electron chi connectivity index (χ3n) is 5.91. The molecule has 1 N–H and O–H groups in total. The first-order chi connectivity index (χ1) is 16.1. The van der Waals surface area contributed by atoms with Crippen molar-refractivity contribution in [2.75, 3.05) is 46.0 Å². The van der Waals surface area contributed by atoms with E-state index < -0.39 is 17.7 Å². The zero-order valence-electron chi connectivity index (χ0n) is 18.5. The number of ether oxygens (including phenoxy) is 2. The molecule has 0 spiro atoms. The van der Waals surface area contributed by atoms with E-state index in [1.807, 2.05) is 18.2 Å². The van der Waals surface area contributed by atoms with Gasteiger partial charge >= 0.3 is 0 Å². The molecule has 0 bridgehead atoms. The molecule has 2 heterocycles. The molecule has 7 nitrogen and oxygen atoms in total. The predicted molar refractivity (Wildman–Crippen MR) is 125 cm³/mol. The van der Waals surface area contributed by atoms with E-state index in [0.29, 0.717) is 44.2 Å². The highest BCUT2D eigenvalue weighted by Crippen LogP contribution is 2.39. The Morgan fingerprint density at radius 3 is 2.42 bits per heavy atom. The van der Waals surface area contributed by atoms with E-state index in [1.165, 1.54) is 0 Å². The van der Waals surface area contributed by atoms with E-state index in [0.717, 1.165) is 18.7 Å². The van der Waals surface area contributed by atoms with Crippen LogP contribution in [0.1, 0.15) is 17.2 Å². The zero-order chi connectivity index (χ0) is 23.2. The van der Waals surface area contributed by atoms with Crippen LogP contribution < -0.4 is 4.74 Å². The third kappa shape index (κ3) is 4.99. The summed E-state index contributed by atoms with van der Waals surface area (Å²) in [4.78, 5) is 29.9. The number of nitrogens with zero attached hydrogens (tertiary/aromatic N) is 2. The molecular weight excluding hydrogens is 420 g/mol. The molecule has 0 aromatic heterocycles. The Bertz CT molecular complexity index is 1030. The molecule has 2 fully saturated rings. The lowest BCUT2D eigenvalue weighted by Gasteiger charge is -2.31. The van der Waals surface area contributed by atoms with Gasteiger partial charge in [-0.15, -0.1) is 0 Å². The van der Waals surface area contributed by atoms with Gasteiger partial charge in [-0.3, -0.25) is 14.5 Å². The quantitative estimate of drug-likeness (QED) is 0.290. The van der Waals surface area contributed by atoms with Crippen LogP contribution in [0.2, 0.25) is 0 Å². The maximum atomic E-state index is 13.1. The van der Waals surface area contributed by atoms with Crippen molar-refractivity contribution in [2.45, 2.75) is 6.04 Å². The van der Waals surface area contributed by atoms with Gasteiger partial charge < -0.3 is 19.5 Å². The topological polar surface area (TPSA) is 79.3 Å². The second kappa shape index (κ2) is 10.5. The van der Waals surface area contributed by atoms with Crippen molar-refractivity contribution in [1.29, 1.82) is 0 Å². The van der Waals surface area contributed by atoms with Crippen LogP contribution in [-0.4, -0.2) is 72.6 Å². The Kier molecular flexibility index (Phi) is 7.22. The van der Waals surface area contributed by atoms with Crippen LogP contribution in [0.5, 0.6) is 5.75 Å². The number of hydrogen-bond donors (Lipinski definition) is 1. The summed E-state index contributed by atoms with van der Waals surface area (Å²) in [5.74, 6) is -0.778. The van der Waals surface area contributed by atoms with Crippen LogP contribution in [0, 0.1) is 0 Å². The maximum absolute atomic E-state index is 13.1. The first-order valence-corrected chi connectivity index (χ1v) is 11.1. The number of hydrogen-bond acceptors (Lipinski definition) is 6. The van der Waals surface area contributed by atoms with Crippen molar-refractivity contribution in [3.05, 3.63) is 84.0 Å². The molecule has 172 valence electrons. The van der Waals surface area contributed by atoms with Gasteiger partial charge in [0.2, 0.25) is 0 Å². The molecule has 2 aliphatic rings. The van der Waals surface area contributed by atoms with Gasteiger partial charge in [-0.05, 0) is 17.7 Å². The fourth-order valence-corrected chi connectivity index (χ4v) is 4.18. The Morgan fingerprint density at radius 1 is 1.06 bits per heavy atom. The Balaban J connectivity index is 1.69. The van der Waals surface area contributed by atoms with Crippen molar-refractivity contribution in [3.8, 4) is 5.75 Å². The number of Topliss-reactive ketones (excluding diaryl/α,β-unsaturated/α-hetero) is 1. The van der Waals surface area contributed by atoms with Crippen LogP contribution in [0.3, 0.4) is 0 Å². The van der Waals surface area contributed by atoms with E-state index >= 15 is 0 Å². The highest BCUT2D eigenvalue weighted by molar-refractivity contribution is 6.46.